The van der Waals surface area contributed by atoms with E-state index in [2.05, 4.69) is 0 Å². The van der Waals surface area contributed by atoms with Gasteiger partial charge in [-0.1, -0.05) is 0 Å². The summed E-state index contributed by atoms with van der Waals surface area (Å²) in [7, 11) is 0. The second kappa shape index (κ2) is 9.95. The van der Waals surface area contributed by atoms with Crippen molar-refractivity contribution in [1.82, 2.24) is 0 Å². The predicted molar refractivity (Wildman–Crippen MR) is 89.5 cm³/mol. The van der Waals surface area contributed by atoms with Gasteiger partial charge in [0.2, 0.25) is 0 Å². The molecular formula is C16H14N2O8Ti. The number of nitrogens with two attached hydrogens (primary N) is 2. The molecule has 0 bridgehead atoms. The van der Waals surface area contributed by atoms with E-state index in [9.17, 15) is 19.2 Å². The van der Waals surface area contributed by atoms with Crippen molar-refractivity contribution in [3.8, 4) is 0 Å². The molecule has 2 rings (SSSR count). The number of anilines is 2. The van der Waals surface area contributed by atoms with E-state index in [4.69, 9.17) is 31.9 Å². The van der Waals surface area contributed by atoms with Crippen LogP contribution in [0.2, 0.25) is 0 Å². The Morgan fingerprint density at radius 1 is 0.593 bits per heavy atom. The van der Waals surface area contributed by atoms with Crippen LogP contribution in [0.25, 0.3) is 0 Å². The molecular weight excluding hydrogens is 396 g/mol. The van der Waals surface area contributed by atoms with Crippen LogP contribution in [0, 0.1) is 0 Å². The largest absolute Gasteiger partial charge is 0.478 e. The molecule has 0 radical (unpaired) electrons. The molecule has 0 saturated carbocycles. The summed E-state index contributed by atoms with van der Waals surface area (Å²) in [6.45, 7) is 0. The van der Waals surface area contributed by atoms with Crippen LogP contribution in [0.1, 0.15) is 41.4 Å². The van der Waals surface area contributed by atoms with E-state index >= 15 is 0 Å². The maximum Gasteiger partial charge on any atom is 0.337 e. The Kier molecular flexibility index (Phi) is 8.71. The topological polar surface area (TPSA) is 201 Å². The number of carboxylic acids is 4. The zero-order valence-electron chi connectivity index (χ0n) is 13.5. The Labute approximate surface area is 166 Å². The summed E-state index contributed by atoms with van der Waals surface area (Å²) in [5.41, 5.74) is 10.3. The standard InChI is InChI=1S/2C8H7NO4.Ti/c2*9-6-3-4(7(10)11)1-2-5(6)8(12)13;/h2*1-3H,9H2,(H,10,11)(H,12,13);. The normalized spacial score (nSPS) is 9.19. The Balaban J connectivity index is 0.000000483. The van der Waals surface area contributed by atoms with Crippen LogP contribution in [0.4, 0.5) is 11.4 Å². The van der Waals surface area contributed by atoms with Gasteiger partial charge in [-0.15, -0.1) is 0 Å². The van der Waals surface area contributed by atoms with Crippen molar-refractivity contribution < 1.29 is 61.3 Å². The number of nitrogen functional groups attached to an aromatic ring is 2. The number of carboxylic acid groups (broad SMARTS) is 4. The molecule has 0 aliphatic heterocycles. The van der Waals surface area contributed by atoms with Crippen LogP contribution in [-0.4, -0.2) is 44.3 Å². The summed E-state index contributed by atoms with van der Waals surface area (Å²) in [4.78, 5) is 41.8. The van der Waals surface area contributed by atoms with Gasteiger partial charge in [0, 0.05) is 33.1 Å². The number of rotatable bonds is 4. The first-order valence-electron chi connectivity index (χ1n) is 6.76. The van der Waals surface area contributed by atoms with Gasteiger partial charge in [0.15, 0.2) is 0 Å². The molecule has 0 saturated heterocycles. The fourth-order valence-electron chi connectivity index (χ4n) is 1.78. The van der Waals surface area contributed by atoms with Gasteiger partial charge in [0.05, 0.1) is 22.3 Å². The van der Waals surface area contributed by atoms with Gasteiger partial charge in [-0.05, 0) is 36.4 Å². The van der Waals surface area contributed by atoms with Crippen molar-refractivity contribution in [2.45, 2.75) is 0 Å². The molecule has 11 heteroatoms. The van der Waals surface area contributed by atoms with E-state index in [1.807, 2.05) is 0 Å². The first-order chi connectivity index (χ1) is 12.0. The van der Waals surface area contributed by atoms with Crippen molar-refractivity contribution in [3.05, 3.63) is 58.7 Å². The minimum atomic E-state index is -1.17. The minimum Gasteiger partial charge on any atom is -0.478 e. The molecule has 0 aliphatic carbocycles. The molecule has 10 nitrogen and oxygen atoms in total. The molecule has 0 atom stereocenters. The zero-order valence-corrected chi connectivity index (χ0v) is 15.1. The fraction of sp³-hybridized carbons (Fsp3) is 0. The maximum atomic E-state index is 10.5. The summed E-state index contributed by atoms with van der Waals surface area (Å²) >= 11 is 0. The summed E-state index contributed by atoms with van der Waals surface area (Å²) in [5.74, 6) is -4.61. The minimum absolute atomic E-state index is 0. The third-order valence-electron chi connectivity index (χ3n) is 3.06. The van der Waals surface area contributed by atoms with Gasteiger partial charge < -0.3 is 31.9 Å². The van der Waals surface area contributed by atoms with Crippen molar-refractivity contribution in [3.63, 3.8) is 0 Å². The van der Waals surface area contributed by atoms with E-state index in [0.29, 0.717) is 0 Å². The molecule has 8 N–H and O–H groups in total. The van der Waals surface area contributed by atoms with Gasteiger partial charge in [-0.2, -0.15) is 0 Å². The van der Waals surface area contributed by atoms with Crippen molar-refractivity contribution in [2.24, 2.45) is 0 Å². The predicted octanol–water partition coefficient (Wildman–Crippen LogP) is 1.33. The average Bonchev–Trinajstić information content (AvgIpc) is 2.54. The van der Waals surface area contributed by atoms with E-state index in [-0.39, 0.29) is 55.3 Å². The van der Waals surface area contributed by atoms with Crippen molar-refractivity contribution in [1.29, 1.82) is 0 Å². The van der Waals surface area contributed by atoms with Gasteiger partial charge in [0.25, 0.3) is 0 Å². The van der Waals surface area contributed by atoms with E-state index in [0.717, 1.165) is 12.1 Å². The van der Waals surface area contributed by atoms with Gasteiger partial charge in [-0.3, -0.25) is 0 Å². The van der Waals surface area contributed by atoms with Gasteiger partial charge in [0.1, 0.15) is 0 Å². The molecule has 27 heavy (non-hydrogen) atoms. The van der Waals surface area contributed by atoms with Crippen molar-refractivity contribution >= 4 is 35.3 Å². The second-order valence-corrected chi connectivity index (χ2v) is 4.82. The number of hydrogen-bond donors (Lipinski definition) is 6. The van der Waals surface area contributed by atoms with Crippen LogP contribution in [0.15, 0.2) is 36.4 Å². The number of carbonyl (C=O) groups is 4. The molecule has 0 spiro atoms. The number of benzene rings is 2. The van der Waals surface area contributed by atoms with Crippen LogP contribution >= 0.6 is 0 Å². The molecule has 0 aliphatic rings. The van der Waals surface area contributed by atoms with E-state index in [1.165, 1.54) is 24.3 Å². The van der Waals surface area contributed by atoms with Crippen molar-refractivity contribution in [2.75, 3.05) is 11.5 Å². The van der Waals surface area contributed by atoms with Crippen LogP contribution in [0.3, 0.4) is 0 Å². The third kappa shape index (κ3) is 6.46. The summed E-state index contributed by atoms with van der Waals surface area (Å²) in [5, 5.41) is 34.2. The Bertz CT molecular complexity index is 824. The van der Waals surface area contributed by atoms with Crippen LogP contribution < -0.4 is 11.5 Å². The Morgan fingerprint density at radius 2 is 0.889 bits per heavy atom. The SMILES string of the molecule is Nc1cc(C(=O)O)ccc1C(=O)O.Nc1cc(C(=O)O)ccc1C(=O)O.[Ti]. The fourth-order valence-corrected chi connectivity index (χ4v) is 1.78. The Hall–Kier alpha value is -3.37. The molecule has 140 valence electrons. The molecule has 2 aromatic rings. The van der Waals surface area contributed by atoms with Crippen LogP contribution in [0.5, 0.6) is 0 Å². The Morgan fingerprint density at radius 3 is 1.07 bits per heavy atom. The smallest absolute Gasteiger partial charge is 0.337 e. The summed E-state index contributed by atoms with van der Waals surface area (Å²) < 4.78 is 0. The van der Waals surface area contributed by atoms with Gasteiger partial charge >= 0.3 is 23.9 Å². The number of hydrogen-bond acceptors (Lipinski definition) is 6. The first-order valence-corrected chi connectivity index (χ1v) is 6.76. The summed E-state index contributed by atoms with van der Waals surface area (Å²) in [6, 6.07) is 6.96. The van der Waals surface area contributed by atoms with E-state index in [1.54, 1.807) is 0 Å². The molecule has 0 fully saturated rings. The molecule has 0 unspecified atom stereocenters. The first kappa shape index (κ1) is 23.6. The second-order valence-electron chi connectivity index (χ2n) is 4.82. The van der Waals surface area contributed by atoms with E-state index < -0.39 is 23.9 Å². The van der Waals surface area contributed by atoms with Crippen LogP contribution in [-0.2, 0) is 21.7 Å². The number of aromatic carboxylic acids is 4. The average molecular weight is 410 g/mol. The van der Waals surface area contributed by atoms with Gasteiger partial charge in [-0.25, -0.2) is 19.2 Å². The molecule has 2 aromatic carbocycles. The summed E-state index contributed by atoms with van der Waals surface area (Å²) in [6.07, 6.45) is 0. The quantitative estimate of drug-likeness (QED) is 0.315. The maximum absolute atomic E-state index is 10.5. The molecule has 0 aromatic heterocycles. The third-order valence-corrected chi connectivity index (χ3v) is 3.06. The molecule has 0 heterocycles. The molecule has 0 amide bonds. The monoisotopic (exact) mass is 410 g/mol. The zero-order chi connectivity index (χ0) is 20.0.